The summed E-state index contributed by atoms with van der Waals surface area (Å²) in [6.07, 6.45) is 3.16. The molecule has 1 amide bonds. The van der Waals surface area contributed by atoms with Crippen LogP contribution in [0.3, 0.4) is 0 Å². The van der Waals surface area contributed by atoms with Crippen molar-refractivity contribution in [3.63, 3.8) is 0 Å². The number of amides is 1. The van der Waals surface area contributed by atoms with Crippen LogP contribution in [0.2, 0.25) is 0 Å². The Hall–Kier alpha value is -2.20. The number of pyridine rings is 1. The normalized spacial score (nSPS) is 10.1. The molecule has 18 heavy (non-hydrogen) atoms. The molecule has 0 radical (unpaired) electrons. The molecular formula is C14H14N2O2. The van der Waals surface area contributed by atoms with Crippen LogP contribution in [0.4, 0.5) is 0 Å². The van der Waals surface area contributed by atoms with Crippen molar-refractivity contribution in [1.29, 1.82) is 0 Å². The van der Waals surface area contributed by atoms with Crippen LogP contribution in [0, 0.1) is 0 Å². The van der Waals surface area contributed by atoms with Gasteiger partial charge in [0.1, 0.15) is 0 Å². The minimum absolute atomic E-state index is 0.0301. The Kier molecular flexibility index (Phi) is 4.04. The molecule has 4 nitrogen and oxygen atoms in total. The fourth-order valence-corrected chi connectivity index (χ4v) is 1.54. The third-order valence-electron chi connectivity index (χ3n) is 2.58. The van der Waals surface area contributed by atoms with Crippen LogP contribution in [0.15, 0.2) is 48.8 Å². The lowest BCUT2D eigenvalue weighted by molar-refractivity contribution is 0.0950. The van der Waals surface area contributed by atoms with E-state index in [0.717, 1.165) is 11.1 Å². The zero-order chi connectivity index (χ0) is 12.8. The minimum Gasteiger partial charge on any atom is -0.392 e. The quantitative estimate of drug-likeness (QED) is 0.854. The smallest absolute Gasteiger partial charge is 0.253 e. The first-order valence-electron chi connectivity index (χ1n) is 5.66. The summed E-state index contributed by atoms with van der Waals surface area (Å²) in [5.41, 5.74) is 2.39. The average Bonchev–Trinajstić information content (AvgIpc) is 2.46. The summed E-state index contributed by atoms with van der Waals surface area (Å²) < 4.78 is 0. The van der Waals surface area contributed by atoms with Crippen LogP contribution in [-0.4, -0.2) is 16.0 Å². The molecule has 2 N–H and O–H groups in total. The van der Waals surface area contributed by atoms with Crippen LogP contribution in [0.25, 0.3) is 0 Å². The Balaban J connectivity index is 1.93. The van der Waals surface area contributed by atoms with Crippen LogP contribution in [-0.2, 0) is 13.2 Å². The van der Waals surface area contributed by atoms with E-state index in [1.54, 1.807) is 18.3 Å². The number of carbonyl (C=O) groups is 1. The van der Waals surface area contributed by atoms with Crippen molar-refractivity contribution in [2.75, 3.05) is 0 Å². The van der Waals surface area contributed by atoms with E-state index in [1.165, 1.54) is 6.20 Å². The van der Waals surface area contributed by atoms with Gasteiger partial charge in [-0.25, -0.2) is 0 Å². The third kappa shape index (κ3) is 3.15. The molecule has 2 aromatic rings. The molecule has 0 aliphatic carbocycles. The van der Waals surface area contributed by atoms with Crippen LogP contribution < -0.4 is 5.32 Å². The van der Waals surface area contributed by atoms with Gasteiger partial charge < -0.3 is 10.4 Å². The largest absolute Gasteiger partial charge is 0.392 e. The zero-order valence-corrected chi connectivity index (χ0v) is 9.84. The van der Waals surface area contributed by atoms with Crippen LogP contribution >= 0.6 is 0 Å². The van der Waals surface area contributed by atoms with Crippen molar-refractivity contribution in [2.45, 2.75) is 13.2 Å². The maximum Gasteiger partial charge on any atom is 0.253 e. The van der Waals surface area contributed by atoms with Gasteiger partial charge in [-0.1, -0.05) is 24.3 Å². The Morgan fingerprint density at radius 1 is 1.17 bits per heavy atom. The third-order valence-corrected chi connectivity index (χ3v) is 2.58. The second kappa shape index (κ2) is 5.93. The van der Waals surface area contributed by atoms with Gasteiger partial charge in [0, 0.05) is 18.9 Å². The molecule has 0 saturated carbocycles. The first-order valence-corrected chi connectivity index (χ1v) is 5.66. The number of aliphatic hydroxyl groups is 1. The number of rotatable bonds is 4. The van der Waals surface area contributed by atoms with Gasteiger partial charge >= 0.3 is 0 Å². The lowest BCUT2D eigenvalue weighted by Gasteiger charge is -2.05. The van der Waals surface area contributed by atoms with Gasteiger partial charge in [-0.2, -0.15) is 0 Å². The molecule has 1 aromatic heterocycles. The van der Waals surface area contributed by atoms with Crippen molar-refractivity contribution < 1.29 is 9.90 Å². The maximum atomic E-state index is 11.7. The highest BCUT2D eigenvalue weighted by atomic mass is 16.3. The molecule has 4 heteroatoms. The molecule has 0 unspecified atom stereocenters. The molecule has 1 heterocycles. The van der Waals surface area contributed by atoms with E-state index in [4.69, 9.17) is 5.11 Å². The van der Waals surface area contributed by atoms with E-state index in [9.17, 15) is 4.79 Å². The number of carbonyl (C=O) groups excluding carboxylic acids is 1. The number of hydrogen-bond donors (Lipinski definition) is 2. The van der Waals surface area contributed by atoms with Gasteiger partial charge in [-0.3, -0.25) is 9.78 Å². The number of aromatic nitrogens is 1. The van der Waals surface area contributed by atoms with Crippen LogP contribution in [0.1, 0.15) is 21.5 Å². The van der Waals surface area contributed by atoms with E-state index in [1.807, 2.05) is 24.3 Å². The molecule has 0 aliphatic rings. The van der Waals surface area contributed by atoms with Gasteiger partial charge in [0.25, 0.3) is 5.91 Å². The van der Waals surface area contributed by atoms with Gasteiger partial charge in [-0.05, 0) is 23.3 Å². The van der Waals surface area contributed by atoms with Crippen molar-refractivity contribution in [3.05, 3.63) is 65.5 Å². The SMILES string of the molecule is O=C(NCc1ccc(CO)cc1)c1cccnc1. The number of aliphatic hydroxyl groups excluding tert-OH is 1. The fourth-order valence-electron chi connectivity index (χ4n) is 1.54. The van der Waals surface area contributed by atoms with E-state index in [-0.39, 0.29) is 12.5 Å². The first kappa shape index (κ1) is 12.3. The molecule has 0 fully saturated rings. The van der Waals surface area contributed by atoms with Gasteiger partial charge in [0.15, 0.2) is 0 Å². The number of hydrogen-bond acceptors (Lipinski definition) is 3. The maximum absolute atomic E-state index is 11.7. The number of benzene rings is 1. The van der Waals surface area contributed by atoms with Gasteiger partial charge in [0.05, 0.1) is 12.2 Å². The molecule has 1 aromatic carbocycles. The standard InChI is InChI=1S/C14H14N2O2/c17-10-12-5-3-11(4-6-12)8-16-14(18)13-2-1-7-15-9-13/h1-7,9,17H,8,10H2,(H,16,18). The molecule has 0 aliphatic heterocycles. The molecule has 0 spiro atoms. The lowest BCUT2D eigenvalue weighted by Crippen LogP contribution is -2.22. The Bertz CT molecular complexity index is 509. The van der Waals surface area contributed by atoms with Crippen molar-refractivity contribution >= 4 is 5.91 Å². The fraction of sp³-hybridized carbons (Fsp3) is 0.143. The summed E-state index contributed by atoms with van der Waals surface area (Å²) >= 11 is 0. The van der Waals surface area contributed by atoms with E-state index >= 15 is 0 Å². The van der Waals surface area contributed by atoms with E-state index in [2.05, 4.69) is 10.3 Å². The summed E-state index contributed by atoms with van der Waals surface area (Å²) in [4.78, 5) is 15.6. The molecule has 0 bridgehead atoms. The second-order valence-electron chi connectivity index (χ2n) is 3.90. The lowest BCUT2D eigenvalue weighted by atomic mass is 10.1. The Morgan fingerprint density at radius 2 is 1.89 bits per heavy atom. The topological polar surface area (TPSA) is 62.2 Å². The number of nitrogens with zero attached hydrogens (tertiary/aromatic N) is 1. The minimum atomic E-state index is -0.144. The van der Waals surface area contributed by atoms with Gasteiger partial charge in [0.2, 0.25) is 0 Å². The van der Waals surface area contributed by atoms with Crippen molar-refractivity contribution in [3.8, 4) is 0 Å². The predicted octanol–water partition coefficient (Wildman–Crippen LogP) is 1.50. The first-order chi connectivity index (χ1) is 8.79. The highest BCUT2D eigenvalue weighted by Crippen LogP contribution is 2.04. The molecule has 92 valence electrons. The summed E-state index contributed by atoms with van der Waals surface area (Å²) in [6.45, 7) is 0.488. The molecular weight excluding hydrogens is 228 g/mol. The zero-order valence-electron chi connectivity index (χ0n) is 9.84. The second-order valence-corrected chi connectivity index (χ2v) is 3.90. The van der Waals surface area contributed by atoms with E-state index < -0.39 is 0 Å². The van der Waals surface area contributed by atoms with Gasteiger partial charge in [-0.15, -0.1) is 0 Å². The number of nitrogens with one attached hydrogen (secondary N) is 1. The summed E-state index contributed by atoms with van der Waals surface area (Å²) in [7, 11) is 0. The monoisotopic (exact) mass is 242 g/mol. The summed E-state index contributed by atoms with van der Waals surface area (Å²) in [5.74, 6) is -0.144. The summed E-state index contributed by atoms with van der Waals surface area (Å²) in [6, 6.07) is 10.9. The Labute approximate surface area is 105 Å². The van der Waals surface area contributed by atoms with Crippen molar-refractivity contribution in [1.82, 2.24) is 10.3 Å². The molecule has 2 rings (SSSR count). The average molecular weight is 242 g/mol. The summed E-state index contributed by atoms with van der Waals surface area (Å²) in [5, 5.41) is 11.7. The molecule has 0 saturated heterocycles. The van der Waals surface area contributed by atoms with Crippen LogP contribution in [0.5, 0.6) is 0 Å². The highest BCUT2D eigenvalue weighted by molar-refractivity contribution is 5.93. The molecule has 0 atom stereocenters. The van der Waals surface area contributed by atoms with E-state index in [0.29, 0.717) is 12.1 Å². The Morgan fingerprint density at radius 3 is 2.50 bits per heavy atom. The van der Waals surface area contributed by atoms with Crippen molar-refractivity contribution in [2.24, 2.45) is 0 Å². The predicted molar refractivity (Wildman–Crippen MR) is 67.8 cm³/mol. The highest BCUT2D eigenvalue weighted by Gasteiger charge is 2.04.